The predicted octanol–water partition coefficient (Wildman–Crippen LogP) is 3.11. The smallest absolute Gasteiger partial charge is 0.191 e. The van der Waals surface area contributed by atoms with Crippen molar-refractivity contribution >= 4 is 5.96 Å². The molecule has 0 saturated heterocycles. The van der Waals surface area contributed by atoms with Gasteiger partial charge in [0.15, 0.2) is 5.96 Å². The highest BCUT2D eigenvalue weighted by molar-refractivity contribution is 5.79. The summed E-state index contributed by atoms with van der Waals surface area (Å²) in [6, 6.07) is 8.60. The number of hydrogen-bond donors (Lipinski definition) is 2. The van der Waals surface area contributed by atoms with Crippen LogP contribution in [0.4, 0.5) is 0 Å². The zero-order valence-electron chi connectivity index (χ0n) is 17.2. The summed E-state index contributed by atoms with van der Waals surface area (Å²) in [5.41, 5.74) is 2.47. The van der Waals surface area contributed by atoms with Gasteiger partial charge >= 0.3 is 0 Å². The Labute approximate surface area is 168 Å². The van der Waals surface area contributed by atoms with E-state index < -0.39 is 0 Å². The van der Waals surface area contributed by atoms with Crippen LogP contribution in [0, 0.1) is 12.8 Å². The zero-order valence-corrected chi connectivity index (χ0v) is 17.2. The van der Waals surface area contributed by atoms with E-state index in [9.17, 15) is 0 Å². The van der Waals surface area contributed by atoms with Gasteiger partial charge < -0.3 is 19.9 Å². The SMILES string of the molecule is CCNC(=NCc1cccc(Cn2ccnc2C)c1)NCCCOCC1CC1. The highest BCUT2D eigenvalue weighted by Crippen LogP contribution is 2.28. The molecular formula is C22H33N5O. The monoisotopic (exact) mass is 383 g/mol. The molecule has 152 valence electrons. The first-order chi connectivity index (χ1) is 13.7. The van der Waals surface area contributed by atoms with Crippen LogP contribution >= 0.6 is 0 Å². The van der Waals surface area contributed by atoms with E-state index in [0.717, 1.165) is 57.0 Å². The van der Waals surface area contributed by atoms with Crippen molar-refractivity contribution in [3.63, 3.8) is 0 Å². The van der Waals surface area contributed by atoms with Gasteiger partial charge in [-0.25, -0.2) is 9.98 Å². The number of guanidine groups is 1. The molecule has 0 radical (unpaired) electrons. The predicted molar refractivity (Wildman–Crippen MR) is 113 cm³/mol. The molecule has 3 rings (SSSR count). The molecule has 0 atom stereocenters. The third-order valence-electron chi connectivity index (χ3n) is 4.84. The highest BCUT2D eigenvalue weighted by Gasteiger charge is 2.20. The summed E-state index contributed by atoms with van der Waals surface area (Å²) in [6.45, 7) is 9.08. The van der Waals surface area contributed by atoms with Crippen molar-refractivity contribution < 1.29 is 4.74 Å². The van der Waals surface area contributed by atoms with Crippen molar-refractivity contribution in [1.82, 2.24) is 20.2 Å². The molecular weight excluding hydrogens is 350 g/mol. The summed E-state index contributed by atoms with van der Waals surface area (Å²) in [6.07, 6.45) is 7.55. The summed E-state index contributed by atoms with van der Waals surface area (Å²) in [7, 11) is 0. The number of imidazole rings is 1. The summed E-state index contributed by atoms with van der Waals surface area (Å²) < 4.78 is 7.84. The van der Waals surface area contributed by atoms with Crippen LogP contribution in [0.2, 0.25) is 0 Å². The van der Waals surface area contributed by atoms with E-state index in [4.69, 9.17) is 9.73 Å². The number of nitrogens with zero attached hydrogens (tertiary/aromatic N) is 3. The van der Waals surface area contributed by atoms with Gasteiger partial charge in [-0.1, -0.05) is 24.3 Å². The van der Waals surface area contributed by atoms with Crippen LogP contribution in [0.5, 0.6) is 0 Å². The van der Waals surface area contributed by atoms with Crippen LogP contribution in [0.15, 0.2) is 41.7 Å². The number of aryl methyl sites for hydroxylation is 1. The van der Waals surface area contributed by atoms with Gasteiger partial charge in [-0.3, -0.25) is 0 Å². The quantitative estimate of drug-likeness (QED) is 0.356. The molecule has 2 aromatic rings. The van der Waals surface area contributed by atoms with E-state index in [2.05, 4.69) is 51.4 Å². The lowest BCUT2D eigenvalue weighted by molar-refractivity contribution is 0.123. The topological polar surface area (TPSA) is 63.5 Å². The van der Waals surface area contributed by atoms with Gasteiger partial charge in [-0.15, -0.1) is 0 Å². The Bertz CT molecular complexity index is 751. The zero-order chi connectivity index (χ0) is 19.6. The summed E-state index contributed by atoms with van der Waals surface area (Å²) in [5.74, 6) is 2.73. The Morgan fingerprint density at radius 3 is 2.89 bits per heavy atom. The van der Waals surface area contributed by atoms with E-state index in [1.54, 1.807) is 0 Å². The normalized spacial score (nSPS) is 14.3. The third kappa shape index (κ3) is 7.00. The van der Waals surface area contributed by atoms with E-state index >= 15 is 0 Å². The molecule has 1 aliphatic rings. The van der Waals surface area contributed by atoms with Gasteiger partial charge in [-0.05, 0) is 50.2 Å². The number of hydrogen-bond acceptors (Lipinski definition) is 3. The summed E-state index contributed by atoms with van der Waals surface area (Å²) in [4.78, 5) is 9.02. The number of ether oxygens (including phenoxy) is 1. The Kier molecular flexibility index (Phi) is 7.91. The number of aliphatic imine (C=N–C) groups is 1. The maximum absolute atomic E-state index is 5.69. The molecule has 1 heterocycles. The van der Waals surface area contributed by atoms with E-state index in [1.165, 1.54) is 24.0 Å². The average Bonchev–Trinajstić information content (AvgIpc) is 3.44. The second kappa shape index (κ2) is 10.9. The molecule has 1 aliphatic carbocycles. The molecule has 28 heavy (non-hydrogen) atoms. The Hall–Kier alpha value is -2.34. The van der Waals surface area contributed by atoms with Gasteiger partial charge in [-0.2, -0.15) is 0 Å². The molecule has 0 aliphatic heterocycles. The lowest BCUT2D eigenvalue weighted by Crippen LogP contribution is -2.38. The summed E-state index contributed by atoms with van der Waals surface area (Å²) >= 11 is 0. The van der Waals surface area contributed by atoms with Gasteiger partial charge in [0.1, 0.15) is 5.82 Å². The Morgan fingerprint density at radius 2 is 2.14 bits per heavy atom. The fourth-order valence-corrected chi connectivity index (χ4v) is 3.02. The third-order valence-corrected chi connectivity index (χ3v) is 4.84. The molecule has 6 nitrogen and oxygen atoms in total. The van der Waals surface area contributed by atoms with Crippen LogP contribution in [-0.4, -0.2) is 41.8 Å². The minimum Gasteiger partial charge on any atom is -0.381 e. The fraction of sp³-hybridized carbons (Fsp3) is 0.545. The second-order valence-electron chi connectivity index (χ2n) is 7.42. The maximum atomic E-state index is 5.69. The molecule has 1 aromatic heterocycles. The number of nitrogens with one attached hydrogen (secondary N) is 2. The molecule has 0 bridgehead atoms. The van der Waals surface area contributed by atoms with Crippen LogP contribution in [0.1, 0.15) is 43.1 Å². The van der Waals surface area contributed by atoms with E-state index in [1.807, 2.05) is 19.3 Å². The standard InChI is InChI=1S/C22H33N5O/c1-3-23-22(25-10-5-13-28-17-19-8-9-19)26-15-20-6-4-7-21(14-20)16-27-12-11-24-18(27)2/h4,6-7,11-12,14,19H,3,5,8-10,13,15-17H2,1-2H3,(H2,23,25,26). The van der Waals surface area contributed by atoms with Crippen LogP contribution in [-0.2, 0) is 17.8 Å². The molecule has 0 amide bonds. The Balaban J connectivity index is 1.46. The van der Waals surface area contributed by atoms with Crippen molar-refractivity contribution in [2.24, 2.45) is 10.9 Å². The van der Waals surface area contributed by atoms with Crippen molar-refractivity contribution in [3.05, 3.63) is 53.6 Å². The second-order valence-corrected chi connectivity index (χ2v) is 7.42. The summed E-state index contributed by atoms with van der Waals surface area (Å²) in [5, 5.41) is 6.72. The lowest BCUT2D eigenvalue weighted by atomic mass is 10.1. The first-order valence-corrected chi connectivity index (χ1v) is 10.4. The van der Waals surface area contributed by atoms with Gasteiger partial charge in [0.05, 0.1) is 6.54 Å². The maximum Gasteiger partial charge on any atom is 0.191 e. The first-order valence-electron chi connectivity index (χ1n) is 10.4. The minimum atomic E-state index is 0.657. The largest absolute Gasteiger partial charge is 0.381 e. The fourth-order valence-electron chi connectivity index (χ4n) is 3.02. The minimum absolute atomic E-state index is 0.657. The molecule has 1 fully saturated rings. The molecule has 1 saturated carbocycles. The Morgan fingerprint density at radius 1 is 1.29 bits per heavy atom. The van der Waals surface area contributed by atoms with Crippen LogP contribution in [0.3, 0.4) is 0 Å². The molecule has 2 N–H and O–H groups in total. The van der Waals surface area contributed by atoms with E-state index in [-0.39, 0.29) is 0 Å². The van der Waals surface area contributed by atoms with Gasteiger partial charge in [0.2, 0.25) is 0 Å². The number of aromatic nitrogens is 2. The average molecular weight is 384 g/mol. The number of benzene rings is 1. The molecule has 0 unspecified atom stereocenters. The lowest BCUT2D eigenvalue weighted by Gasteiger charge is -2.12. The van der Waals surface area contributed by atoms with Crippen molar-refractivity contribution in [2.45, 2.75) is 46.2 Å². The first kappa shape index (κ1) is 20.4. The van der Waals surface area contributed by atoms with Crippen molar-refractivity contribution in [3.8, 4) is 0 Å². The highest BCUT2D eigenvalue weighted by atomic mass is 16.5. The van der Waals surface area contributed by atoms with Crippen LogP contribution in [0.25, 0.3) is 0 Å². The molecule has 1 aromatic carbocycles. The van der Waals surface area contributed by atoms with Gasteiger partial charge in [0.25, 0.3) is 0 Å². The molecule has 0 spiro atoms. The molecule has 6 heteroatoms. The van der Waals surface area contributed by atoms with Crippen LogP contribution < -0.4 is 10.6 Å². The van der Waals surface area contributed by atoms with E-state index in [0.29, 0.717) is 6.54 Å². The number of rotatable bonds is 11. The van der Waals surface area contributed by atoms with Crippen molar-refractivity contribution in [1.29, 1.82) is 0 Å². The van der Waals surface area contributed by atoms with Gasteiger partial charge in [0, 0.05) is 45.2 Å². The van der Waals surface area contributed by atoms with Crippen molar-refractivity contribution in [2.75, 3.05) is 26.3 Å².